The van der Waals surface area contributed by atoms with Gasteiger partial charge in [0.25, 0.3) is 0 Å². The summed E-state index contributed by atoms with van der Waals surface area (Å²) in [5.41, 5.74) is 6.77. The Labute approximate surface area is 79.8 Å². The van der Waals surface area contributed by atoms with Gasteiger partial charge in [0.1, 0.15) is 17.2 Å². The molecule has 4 nitrogen and oxygen atoms in total. The largest absolute Gasteiger partial charge is 0.384 e. The van der Waals surface area contributed by atoms with E-state index in [0.717, 1.165) is 0 Å². The van der Waals surface area contributed by atoms with Gasteiger partial charge in [-0.25, -0.2) is 15.0 Å². The van der Waals surface area contributed by atoms with E-state index in [-0.39, 0.29) is 0 Å². The monoisotopic (exact) mass is 194 g/mol. The molecule has 0 atom stereocenters. The van der Waals surface area contributed by atoms with Crippen LogP contribution in [-0.2, 0) is 0 Å². The van der Waals surface area contributed by atoms with Gasteiger partial charge in [0.2, 0.25) is 0 Å². The van der Waals surface area contributed by atoms with Crippen LogP contribution in [0.25, 0.3) is 11.0 Å². The Bertz CT molecular complexity index is 469. The number of halogens is 1. The third-order valence-electron chi connectivity index (χ3n) is 1.63. The first-order valence-corrected chi connectivity index (χ1v) is 4.11. The normalized spacial score (nSPS) is 10.6. The first-order valence-electron chi connectivity index (χ1n) is 3.73. The van der Waals surface area contributed by atoms with Crippen molar-refractivity contribution >= 4 is 28.5 Å². The van der Waals surface area contributed by atoms with Gasteiger partial charge < -0.3 is 5.73 Å². The Kier molecular flexibility index (Phi) is 1.77. The summed E-state index contributed by atoms with van der Waals surface area (Å²) < 4.78 is 0. The first-order chi connectivity index (χ1) is 6.16. The van der Waals surface area contributed by atoms with E-state index in [4.69, 9.17) is 17.3 Å². The van der Waals surface area contributed by atoms with Crippen molar-refractivity contribution in [2.24, 2.45) is 0 Å². The second-order valence-corrected chi connectivity index (χ2v) is 3.02. The fourth-order valence-electron chi connectivity index (χ4n) is 1.10. The van der Waals surface area contributed by atoms with Gasteiger partial charge >= 0.3 is 0 Å². The molecule has 2 aromatic heterocycles. The minimum absolute atomic E-state index is 0.342. The number of hydrogen-bond donors (Lipinski definition) is 1. The summed E-state index contributed by atoms with van der Waals surface area (Å²) in [5.74, 6) is 1.05. The number of fused-ring (bicyclic) bond motifs is 1. The Balaban J connectivity index is 2.87. The molecule has 2 rings (SSSR count). The molecular formula is C8H7ClN4. The zero-order valence-electron chi connectivity index (χ0n) is 6.95. The van der Waals surface area contributed by atoms with Crippen molar-refractivity contribution in [2.75, 3.05) is 5.73 Å². The van der Waals surface area contributed by atoms with Crippen LogP contribution in [0.15, 0.2) is 12.1 Å². The van der Waals surface area contributed by atoms with Gasteiger partial charge in [0.05, 0.1) is 5.52 Å². The fraction of sp³-hybridized carbons (Fsp3) is 0.125. The summed E-state index contributed by atoms with van der Waals surface area (Å²) in [7, 11) is 0. The lowest BCUT2D eigenvalue weighted by atomic mass is 10.3. The number of pyridine rings is 1. The van der Waals surface area contributed by atoms with E-state index in [1.54, 1.807) is 19.1 Å². The van der Waals surface area contributed by atoms with Crippen molar-refractivity contribution in [1.82, 2.24) is 15.0 Å². The van der Waals surface area contributed by atoms with Crippen LogP contribution < -0.4 is 5.73 Å². The molecule has 0 unspecified atom stereocenters. The van der Waals surface area contributed by atoms with Crippen molar-refractivity contribution in [3.05, 3.63) is 23.1 Å². The van der Waals surface area contributed by atoms with E-state index in [0.29, 0.717) is 27.8 Å². The molecule has 13 heavy (non-hydrogen) atoms. The summed E-state index contributed by atoms with van der Waals surface area (Å²) in [6.45, 7) is 1.78. The molecule has 2 aromatic rings. The lowest BCUT2D eigenvalue weighted by Crippen LogP contribution is -1.95. The van der Waals surface area contributed by atoms with Gasteiger partial charge in [-0.3, -0.25) is 0 Å². The maximum atomic E-state index is 5.87. The predicted octanol–water partition coefficient (Wildman–Crippen LogP) is 1.57. The van der Waals surface area contributed by atoms with Crippen molar-refractivity contribution in [3.63, 3.8) is 0 Å². The van der Waals surface area contributed by atoms with Gasteiger partial charge in [-0.05, 0) is 19.1 Å². The minimum atomic E-state index is 0.342. The zero-order chi connectivity index (χ0) is 9.42. The second kappa shape index (κ2) is 2.81. The summed E-state index contributed by atoms with van der Waals surface area (Å²) in [6, 6.07) is 3.46. The van der Waals surface area contributed by atoms with E-state index in [9.17, 15) is 0 Å². The number of nitrogens with two attached hydrogens (primary N) is 1. The van der Waals surface area contributed by atoms with Crippen molar-refractivity contribution in [2.45, 2.75) is 6.92 Å². The van der Waals surface area contributed by atoms with Gasteiger partial charge in [-0.2, -0.15) is 0 Å². The highest BCUT2D eigenvalue weighted by molar-refractivity contribution is 6.33. The second-order valence-electron chi connectivity index (χ2n) is 2.67. The molecule has 0 amide bonds. The molecule has 0 spiro atoms. The van der Waals surface area contributed by atoms with E-state index in [1.807, 2.05) is 0 Å². The first kappa shape index (κ1) is 8.19. The number of rotatable bonds is 0. The quantitative estimate of drug-likeness (QED) is 0.647. The van der Waals surface area contributed by atoms with Crippen LogP contribution in [0.2, 0.25) is 5.15 Å². The summed E-state index contributed by atoms with van der Waals surface area (Å²) in [6.07, 6.45) is 0. The smallest absolute Gasteiger partial charge is 0.159 e. The third kappa shape index (κ3) is 1.40. The number of nitrogens with zero attached hydrogens (tertiary/aromatic N) is 3. The highest BCUT2D eigenvalue weighted by Crippen LogP contribution is 2.18. The number of aromatic nitrogens is 3. The molecule has 0 aromatic carbocycles. The zero-order valence-corrected chi connectivity index (χ0v) is 7.71. The van der Waals surface area contributed by atoms with Crippen LogP contribution in [0.3, 0.4) is 0 Å². The maximum Gasteiger partial charge on any atom is 0.159 e. The van der Waals surface area contributed by atoms with Gasteiger partial charge in [-0.15, -0.1) is 0 Å². The molecule has 2 N–H and O–H groups in total. The summed E-state index contributed by atoms with van der Waals surface area (Å²) in [5, 5.41) is 0.342. The Morgan fingerprint density at radius 3 is 2.77 bits per heavy atom. The predicted molar refractivity (Wildman–Crippen MR) is 51.5 cm³/mol. The van der Waals surface area contributed by atoms with Crippen molar-refractivity contribution < 1.29 is 0 Å². The molecule has 0 aliphatic rings. The molecule has 0 aliphatic carbocycles. The number of hydrogen-bond acceptors (Lipinski definition) is 4. The van der Waals surface area contributed by atoms with E-state index >= 15 is 0 Å². The van der Waals surface area contributed by atoms with Crippen LogP contribution in [0, 0.1) is 6.92 Å². The molecule has 0 fully saturated rings. The number of nitrogen functional groups attached to an aromatic ring is 1. The van der Waals surface area contributed by atoms with E-state index in [2.05, 4.69) is 15.0 Å². The van der Waals surface area contributed by atoms with Gasteiger partial charge in [-0.1, -0.05) is 11.6 Å². The highest BCUT2D eigenvalue weighted by Gasteiger charge is 2.04. The lowest BCUT2D eigenvalue weighted by molar-refractivity contribution is 1.08. The van der Waals surface area contributed by atoms with Crippen LogP contribution in [-0.4, -0.2) is 15.0 Å². The molecule has 2 heterocycles. The number of aryl methyl sites for hydroxylation is 1. The Morgan fingerprint density at radius 1 is 1.23 bits per heavy atom. The topological polar surface area (TPSA) is 64.7 Å². The fourth-order valence-corrected chi connectivity index (χ4v) is 1.36. The average Bonchev–Trinajstić information content (AvgIpc) is 2.06. The molecular weight excluding hydrogens is 188 g/mol. The van der Waals surface area contributed by atoms with Crippen LogP contribution in [0.1, 0.15) is 5.82 Å². The summed E-state index contributed by atoms with van der Waals surface area (Å²) >= 11 is 5.87. The molecule has 0 radical (unpaired) electrons. The van der Waals surface area contributed by atoms with Crippen LogP contribution in [0.4, 0.5) is 5.82 Å². The Hall–Kier alpha value is -1.42. The van der Waals surface area contributed by atoms with Crippen LogP contribution >= 0.6 is 11.6 Å². The SMILES string of the molecule is Cc1nc(Cl)c2nc(N)ccc2n1. The van der Waals surface area contributed by atoms with E-state index in [1.165, 1.54) is 0 Å². The Morgan fingerprint density at radius 2 is 2.00 bits per heavy atom. The lowest BCUT2D eigenvalue weighted by Gasteiger charge is -2.00. The number of anilines is 1. The van der Waals surface area contributed by atoms with Gasteiger partial charge in [0, 0.05) is 0 Å². The molecule has 66 valence electrons. The standard InChI is InChI=1S/C8H7ClN4/c1-4-11-5-2-3-6(10)13-7(5)8(9)12-4/h2-3H,1H3,(H2,10,13). The minimum Gasteiger partial charge on any atom is -0.384 e. The molecule has 0 saturated heterocycles. The summed E-state index contributed by atoms with van der Waals surface area (Å²) in [4.78, 5) is 12.2. The molecule has 5 heteroatoms. The molecule has 0 bridgehead atoms. The maximum absolute atomic E-state index is 5.87. The third-order valence-corrected chi connectivity index (χ3v) is 1.90. The van der Waals surface area contributed by atoms with Crippen LogP contribution in [0.5, 0.6) is 0 Å². The molecule has 0 aliphatic heterocycles. The van der Waals surface area contributed by atoms with Crippen molar-refractivity contribution in [3.8, 4) is 0 Å². The average molecular weight is 195 g/mol. The molecule has 0 saturated carbocycles. The van der Waals surface area contributed by atoms with E-state index < -0.39 is 0 Å². The highest BCUT2D eigenvalue weighted by atomic mass is 35.5. The van der Waals surface area contributed by atoms with Gasteiger partial charge in [0.15, 0.2) is 5.15 Å². The van der Waals surface area contributed by atoms with Crippen molar-refractivity contribution in [1.29, 1.82) is 0 Å².